The van der Waals surface area contributed by atoms with E-state index in [-0.39, 0.29) is 5.41 Å². The third-order valence-electron chi connectivity index (χ3n) is 6.31. The first-order chi connectivity index (χ1) is 9.95. The predicted octanol–water partition coefficient (Wildman–Crippen LogP) is 4.39. The van der Waals surface area contributed by atoms with Gasteiger partial charge in [0, 0.05) is 12.3 Å². The van der Waals surface area contributed by atoms with Gasteiger partial charge < -0.3 is 0 Å². The van der Waals surface area contributed by atoms with E-state index in [2.05, 4.69) is 45.0 Å². The molecule has 4 atom stereocenters. The van der Waals surface area contributed by atoms with Gasteiger partial charge in [-0.15, -0.1) is 0 Å². The Kier molecular flexibility index (Phi) is 2.87. The third-order valence-corrected chi connectivity index (χ3v) is 6.31. The summed E-state index contributed by atoms with van der Waals surface area (Å²) >= 11 is 0. The van der Waals surface area contributed by atoms with Crippen LogP contribution in [0, 0.1) is 29.6 Å². The maximum Gasteiger partial charge on any atom is 0.140 e. The highest BCUT2D eigenvalue weighted by Crippen LogP contribution is 2.69. The maximum atomic E-state index is 12.6. The van der Waals surface area contributed by atoms with Crippen LogP contribution in [0.2, 0.25) is 0 Å². The zero-order chi connectivity index (χ0) is 14.8. The monoisotopic (exact) mass is 282 g/mol. The summed E-state index contributed by atoms with van der Waals surface area (Å²) in [6, 6.07) is 8.70. The number of benzene rings is 1. The molecule has 0 aliphatic heterocycles. The second-order valence-electron chi connectivity index (χ2n) is 8.60. The van der Waals surface area contributed by atoms with Gasteiger partial charge in [0.05, 0.1) is 0 Å². The van der Waals surface area contributed by atoms with E-state index in [9.17, 15) is 4.79 Å². The van der Waals surface area contributed by atoms with E-state index in [4.69, 9.17) is 0 Å². The molecule has 21 heavy (non-hydrogen) atoms. The molecule has 3 aliphatic carbocycles. The lowest BCUT2D eigenvalue weighted by Crippen LogP contribution is -2.13. The number of Topliss-reactive ketones (excluding diaryl/α,β-unsaturated/α-hetero) is 1. The molecule has 1 nitrogen and oxygen atoms in total. The highest BCUT2D eigenvalue weighted by Gasteiger charge is 2.66. The molecule has 0 saturated heterocycles. The molecule has 0 amide bonds. The van der Waals surface area contributed by atoms with Crippen LogP contribution in [-0.4, -0.2) is 5.78 Å². The molecule has 4 unspecified atom stereocenters. The average Bonchev–Trinajstić information content (AvgIpc) is 2.88. The van der Waals surface area contributed by atoms with Crippen LogP contribution in [0.3, 0.4) is 0 Å². The second-order valence-corrected chi connectivity index (χ2v) is 8.60. The minimum absolute atomic E-state index is 0.190. The second kappa shape index (κ2) is 4.44. The van der Waals surface area contributed by atoms with Gasteiger partial charge in [-0.05, 0) is 59.5 Å². The van der Waals surface area contributed by atoms with Crippen molar-refractivity contribution in [1.82, 2.24) is 0 Å². The Morgan fingerprint density at radius 3 is 2.14 bits per heavy atom. The fraction of sp³-hybridized carbons (Fsp3) is 0.650. The van der Waals surface area contributed by atoms with Crippen molar-refractivity contribution < 1.29 is 4.79 Å². The molecule has 2 bridgehead atoms. The lowest BCUT2D eigenvalue weighted by atomic mass is 9.86. The summed E-state index contributed by atoms with van der Waals surface area (Å²) in [4.78, 5) is 12.6. The first-order valence-corrected chi connectivity index (χ1v) is 8.57. The number of carbonyl (C=O) groups excluding carboxylic acids is 1. The molecule has 1 aromatic carbocycles. The lowest BCUT2D eigenvalue weighted by molar-refractivity contribution is -0.120. The average molecular weight is 282 g/mol. The molecular formula is C20H26O. The van der Waals surface area contributed by atoms with Crippen LogP contribution < -0.4 is 0 Å². The quantitative estimate of drug-likeness (QED) is 0.803. The largest absolute Gasteiger partial charge is 0.299 e. The summed E-state index contributed by atoms with van der Waals surface area (Å²) < 4.78 is 0. The molecule has 1 aromatic rings. The molecular weight excluding hydrogens is 256 g/mol. The Morgan fingerprint density at radius 1 is 1.05 bits per heavy atom. The van der Waals surface area contributed by atoms with E-state index < -0.39 is 0 Å². The normalized spacial score (nSPS) is 36.6. The van der Waals surface area contributed by atoms with Crippen LogP contribution in [0.4, 0.5) is 0 Å². The highest BCUT2D eigenvalue weighted by molar-refractivity contribution is 5.86. The molecule has 3 saturated carbocycles. The van der Waals surface area contributed by atoms with E-state index in [0.29, 0.717) is 18.1 Å². The number of rotatable bonds is 3. The Balaban J connectivity index is 1.42. The number of fused-ring (bicyclic) bond motifs is 5. The van der Waals surface area contributed by atoms with E-state index >= 15 is 0 Å². The zero-order valence-corrected chi connectivity index (χ0v) is 13.4. The lowest BCUT2D eigenvalue weighted by Gasteiger charge is -2.19. The zero-order valence-electron chi connectivity index (χ0n) is 13.4. The van der Waals surface area contributed by atoms with Crippen molar-refractivity contribution in [1.29, 1.82) is 0 Å². The number of ketones is 1. The molecule has 3 aliphatic rings. The van der Waals surface area contributed by atoms with Gasteiger partial charge in [0.25, 0.3) is 0 Å². The minimum atomic E-state index is 0.190. The summed E-state index contributed by atoms with van der Waals surface area (Å²) in [5.74, 6) is 4.31. The van der Waals surface area contributed by atoms with Crippen molar-refractivity contribution in [3.05, 3.63) is 35.4 Å². The van der Waals surface area contributed by atoms with Crippen molar-refractivity contribution in [2.24, 2.45) is 29.6 Å². The van der Waals surface area contributed by atoms with E-state index in [0.717, 1.165) is 23.7 Å². The standard InChI is InChI=1S/C20H26O/c1-20(2,3)15-8-4-12(5-9-15)10-16(21)19-17-13-6-7-14(11-13)18(17)19/h4-5,8-9,13-14,17-19H,6-7,10-11H2,1-3H3. The first-order valence-electron chi connectivity index (χ1n) is 8.57. The fourth-order valence-corrected chi connectivity index (χ4v) is 5.20. The summed E-state index contributed by atoms with van der Waals surface area (Å²) in [6.45, 7) is 6.69. The summed E-state index contributed by atoms with van der Waals surface area (Å²) in [7, 11) is 0. The molecule has 3 fully saturated rings. The number of carbonyl (C=O) groups is 1. The van der Waals surface area contributed by atoms with Gasteiger partial charge in [-0.3, -0.25) is 4.79 Å². The van der Waals surface area contributed by atoms with Gasteiger partial charge in [-0.1, -0.05) is 45.0 Å². The van der Waals surface area contributed by atoms with Crippen molar-refractivity contribution >= 4 is 5.78 Å². The number of hydrogen-bond donors (Lipinski definition) is 0. The summed E-state index contributed by atoms with van der Waals surface area (Å²) in [5, 5.41) is 0. The summed E-state index contributed by atoms with van der Waals surface area (Å²) in [5.41, 5.74) is 2.74. The molecule has 0 N–H and O–H groups in total. The first kappa shape index (κ1) is 13.5. The van der Waals surface area contributed by atoms with Crippen LogP contribution in [0.1, 0.15) is 51.2 Å². The van der Waals surface area contributed by atoms with E-state index in [1.54, 1.807) is 0 Å². The highest BCUT2D eigenvalue weighted by atomic mass is 16.1. The molecule has 1 heteroatoms. The van der Waals surface area contributed by atoms with Crippen LogP contribution in [-0.2, 0) is 16.6 Å². The SMILES string of the molecule is CC(C)(C)c1ccc(CC(=O)C2C3C4CCC(C4)C23)cc1. The van der Waals surface area contributed by atoms with Gasteiger partial charge in [0.15, 0.2) is 0 Å². The van der Waals surface area contributed by atoms with Crippen molar-refractivity contribution in [2.75, 3.05) is 0 Å². The fourth-order valence-electron chi connectivity index (χ4n) is 5.20. The van der Waals surface area contributed by atoms with Gasteiger partial charge in [0.1, 0.15) is 5.78 Å². The minimum Gasteiger partial charge on any atom is -0.299 e. The van der Waals surface area contributed by atoms with Crippen molar-refractivity contribution in [3.8, 4) is 0 Å². The topological polar surface area (TPSA) is 17.1 Å². The maximum absolute atomic E-state index is 12.6. The Labute approximate surface area is 128 Å². The van der Waals surface area contributed by atoms with E-state index in [1.165, 1.54) is 30.4 Å². The molecule has 0 aromatic heterocycles. The Morgan fingerprint density at radius 2 is 1.62 bits per heavy atom. The van der Waals surface area contributed by atoms with Crippen LogP contribution >= 0.6 is 0 Å². The van der Waals surface area contributed by atoms with Crippen LogP contribution in [0.5, 0.6) is 0 Å². The van der Waals surface area contributed by atoms with Crippen LogP contribution in [0.25, 0.3) is 0 Å². The summed E-state index contributed by atoms with van der Waals surface area (Å²) in [6.07, 6.45) is 4.88. The van der Waals surface area contributed by atoms with E-state index in [1.807, 2.05) is 0 Å². The smallest absolute Gasteiger partial charge is 0.140 e. The molecule has 112 valence electrons. The molecule has 4 rings (SSSR count). The molecule has 0 heterocycles. The Bertz CT molecular complexity index is 546. The Hall–Kier alpha value is -1.11. The number of hydrogen-bond acceptors (Lipinski definition) is 1. The third kappa shape index (κ3) is 2.17. The van der Waals surface area contributed by atoms with Gasteiger partial charge >= 0.3 is 0 Å². The van der Waals surface area contributed by atoms with Crippen molar-refractivity contribution in [3.63, 3.8) is 0 Å². The van der Waals surface area contributed by atoms with Gasteiger partial charge in [-0.2, -0.15) is 0 Å². The molecule has 0 spiro atoms. The van der Waals surface area contributed by atoms with Crippen LogP contribution in [0.15, 0.2) is 24.3 Å². The molecule has 0 radical (unpaired) electrons. The van der Waals surface area contributed by atoms with Gasteiger partial charge in [-0.25, -0.2) is 0 Å². The predicted molar refractivity (Wildman–Crippen MR) is 85.2 cm³/mol. The van der Waals surface area contributed by atoms with Crippen molar-refractivity contribution in [2.45, 2.75) is 51.9 Å². The van der Waals surface area contributed by atoms with Gasteiger partial charge in [0.2, 0.25) is 0 Å².